The first-order valence-corrected chi connectivity index (χ1v) is 6.86. The molecule has 0 spiro atoms. The van der Waals surface area contributed by atoms with Crippen LogP contribution in [0.4, 0.5) is 0 Å². The minimum atomic E-state index is 0.232. The van der Waals surface area contributed by atoms with Gasteiger partial charge in [0, 0.05) is 5.56 Å². The Hall–Kier alpha value is -3.18. The first-order valence-electron chi connectivity index (χ1n) is 6.86. The molecule has 22 heavy (non-hydrogen) atoms. The van der Waals surface area contributed by atoms with Gasteiger partial charge in [0.15, 0.2) is 0 Å². The van der Waals surface area contributed by atoms with E-state index < -0.39 is 0 Å². The van der Waals surface area contributed by atoms with Crippen LogP contribution in [0, 0.1) is 12.3 Å². The van der Waals surface area contributed by atoms with E-state index in [0.717, 1.165) is 27.8 Å². The Labute approximate surface area is 129 Å². The van der Waals surface area contributed by atoms with Crippen molar-refractivity contribution >= 4 is 0 Å². The van der Waals surface area contributed by atoms with Gasteiger partial charge >= 0.3 is 0 Å². The van der Waals surface area contributed by atoms with E-state index in [0.29, 0.717) is 0 Å². The van der Waals surface area contributed by atoms with Crippen LogP contribution in [0.25, 0.3) is 22.3 Å². The third-order valence-electron chi connectivity index (χ3n) is 3.50. The van der Waals surface area contributed by atoms with Crippen LogP contribution in [-0.2, 0) is 0 Å². The van der Waals surface area contributed by atoms with Crippen LogP contribution < -0.4 is 0 Å². The van der Waals surface area contributed by atoms with Gasteiger partial charge in [-0.2, -0.15) is 0 Å². The summed E-state index contributed by atoms with van der Waals surface area (Å²) in [5, 5.41) is 18.8. The van der Waals surface area contributed by atoms with Crippen LogP contribution in [0.15, 0.2) is 66.7 Å². The lowest BCUT2D eigenvalue weighted by molar-refractivity contribution is 0.475. The summed E-state index contributed by atoms with van der Waals surface area (Å²) in [6, 6.07) is 19.9. The Morgan fingerprint density at radius 1 is 0.591 bits per heavy atom. The van der Waals surface area contributed by atoms with E-state index >= 15 is 0 Å². The molecule has 2 N–H and O–H groups in total. The number of benzene rings is 3. The van der Waals surface area contributed by atoms with Gasteiger partial charge < -0.3 is 10.2 Å². The van der Waals surface area contributed by atoms with Crippen molar-refractivity contribution in [2.45, 2.75) is 0 Å². The largest absolute Gasteiger partial charge is 0.508 e. The maximum Gasteiger partial charge on any atom is 0.115 e. The van der Waals surface area contributed by atoms with Crippen molar-refractivity contribution in [1.82, 2.24) is 0 Å². The topological polar surface area (TPSA) is 40.5 Å². The predicted molar refractivity (Wildman–Crippen MR) is 88.6 cm³/mol. The number of hydrogen-bond donors (Lipinski definition) is 2. The van der Waals surface area contributed by atoms with Crippen LogP contribution in [0.2, 0.25) is 0 Å². The number of hydrogen-bond acceptors (Lipinski definition) is 2. The fourth-order valence-corrected chi connectivity index (χ4v) is 2.35. The van der Waals surface area contributed by atoms with Gasteiger partial charge in [0.2, 0.25) is 0 Å². The molecule has 0 unspecified atom stereocenters. The normalized spacial score (nSPS) is 10.1. The summed E-state index contributed by atoms with van der Waals surface area (Å²) < 4.78 is 0. The van der Waals surface area contributed by atoms with E-state index in [-0.39, 0.29) is 11.5 Å². The van der Waals surface area contributed by atoms with Gasteiger partial charge in [-0.25, -0.2) is 0 Å². The highest BCUT2D eigenvalue weighted by atomic mass is 16.3. The zero-order chi connectivity index (χ0) is 15.5. The molecular weight excluding hydrogens is 272 g/mol. The third-order valence-corrected chi connectivity index (χ3v) is 3.50. The second kappa shape index (κ2) is 5.67. The molecule has 0 aliphatic carbocycles. The Morgan fingerprint density at radius 2 is 1.00 bits per heavy atom. The van der Waals surface area contributed by atoms with Gasteiger partial charge in [0.25, 0.3) is 0 Å². The summed E-state index contributed by atoms with van der Waals surface area (Å²) in [5.41, 5.74) is 4.72. The first kappa shape index (κ1) is 13.8. The molecule has 0 aliphatic rings. The van der Waals surface area contributed by atoms with Crippen molar-refractivity contribution in [2.75, 3.05) is 0 Å². The van der Waals surface area contributed by atoms with Gasteiger partial charge in [0.1, 0.15) is 11.5 Å². The molecule has 2 nitrogen and oxygen atoms in total. The molecule has 0 aromatic heterocycles. The van der Waals surface area contributed by atoms with Crippen LogP contribution in [0.1, 0.15) is 5.56 Å². The van der Waals surface area contributed by atoms with Gasteiger partial charge in [0.05, 0.1) is 0 Å². The van der Waals surface area contributed by atoms with Crippen LogP contribution >= 0.6 is 0 Å². The Kier molecular flexibility index (Phi) is 3.55. The minimum absolute atomic E-state index is 0.232. The Bertz CT molecular complexity index is 775. The molecule has 0 saturated heterocycles. The maximum atomic E-state index is 9.41. The average molecular weight is 286 g/mol. The van der Waals surface area contributed by atoms with E-state index in [9.17, 15) is 10.2 Å². The molecule has 0 amide bonds. The molecule has 0 saturated carbocycles. The van der Waals surface area contributed by atoms with Crippen molar-refractivity contribution < 1.29 is 10.2 Å². The molecule has 3 rings (SSSR count). The molecular formula is C20H14O2. The summed E-state index contributed by atoms with van der Waals surface area (Å²) >= 11 is 0. The fourth-order valence-electron chi connectivity index (χ4n) is 2.35. The average Bonchev–Trinajstić information content (AvgIpc) is 2.55. The highest BCUT2D eigenvalue weighted by Gasteiger charge is 2.05. The minimum Gasteiger partial charge on any atom is -0.508 e. The zero-order valence-corrected chi connectivity index (χ0v) is 11.8. The summed E-state index contributed by atoms with van der Waals surface area (Å²) in [6.07, 6.45) is 5.56. The molecule has 106 valence electrons. The monoisotopic (exact) mass is 286 g/mol. The number of terminal acetylenes is 1. The molecule has 2 heteroatoms. The Morgan fingerprint density at radius 3 is 1.36 bits per heavy atom. The summed E-state index contributed by atoms with van der Waals surface area (Å²) in [6.45, 7) is 0. The predicted octanol–water partition coefficient (Wildman–Crippen LogP) is 4.41. The lowest BCUT2D eigenvalue weighted by Gasteiger charge is -2.08. The van der Waals surface area contributed by atoms with E-state index in [2.05, 4.69) is 5.92 Å². The zero-order valence-electron chi connectivity index (χ0n) is 11.8. The lowest BCUT2D eigenvalue weighted by Crippen LogP contribution is -1.85. The van der Waals surface area contributed by atoms with Crippen LogP contribution in [0.5, 0.6) is 11.5 Å². The van der Waals surface area contributed by atoms with E-state index in [1.165, 1.54) is 0 Å². The number of aromatic hydroxyl groups is 2. The van der Waals surface area contributed by atoms with Crippen molar-refractivity contribution in [2.24, 2.45) is 0 Å². The van der Waals surface area contributed by atoms with Crippen LogP contribution in [-0.4, -0.2) is 10.2 Å². The molecule has 0 fully saturated rings. The quantitative estimate of drug-likeness (QED) is 0.685. The van der Waals surface area contributed by atoms with Crippen molar-refractivity contribution in [1.29, 1.82) is 0 Å². The molecule has 3 aromatic rings. The molecule has 0 aliphatic heterocycles. The molecule has 3 aromatic carbocycles. The van der Waals surface area contributed by atoms with Crippen LogP contribution in [0.3, 0.4) is 0 Å². The van der Waals surface area contributed by atoms with E-state index in [1.54, 1.807) is 24.3 Å². The Balaban J connectivity index is 2.12. The summed E-state index contributed by atoms with van der Waals surface area (Å²) in [5.74, 6) is 3.14. The van der Waals surface area contributed by atoms with E-state index in [1.807, 2.05) is 42.5 Å². The number of rotatable bonds is 2. The van der Waals surface area contributed by atoms with Gasteiger partial charge in [-0.1, -0.05) is 30.2 Å². The first-order chi connectivity index (χ1) is 10.7. The fraction of sp³-hybridized carbons (Fsp3) is 0. The lowest BCUT2D eigenvalue weighted by atomic mass is 9.96. The summed E-state index contributed by atoms with van der Waals surface area (Å²) in [4.78, 5) is 0. The van der Waals surface area contributed by atoms with Gasteiger partial charge in [-0.05, 0) is 64.7 Å². The molecule has 0 atom stereocenters. The third kappa shape index (κ3) is 2.79. The number of phenolic OH excluding ortho intramolecular Hbond substituents is 2. The van der Waals surface area contributed by atoms with Crippen molar-refractivity contribution in [3.8, 4) is 46.1 Å². The van der Waals surface area contributed by atoms with E-state index in [4.69, 9.17) is 6.42 Å². The maximum absolute atomic E-state index is 9.41. The molecule has 0 heterocycles. The molecule has 0 radical (unpaired) electrons. The molecule has 0 bridgehead atoms. The second-order valence-electron chi connectivity index (χ2n) is 5.04. The number of phenols is 2. The second-order valence-corrected chi connectivity index (χ2v) is 5.04. The standard InChI is InChI=1S/C20H14O2/c1-2-14-11-17(15-3-7-19(21)8-4-15)13-18(12-14)16-5-9-20(22)10-6-16/h1,3-13,21-22H. The highest BCUT2D eigenvalue weighted by Crippen LogP contribution is 2.29. The smallest absolute Gasteiger partial charge is 0.115 e. The van der Waals surface area contributed by atoms with Crippen molar-refractivity contribution in [3.63, 3.8) is 0 Å². The van der Waals surface area contributed by atoms with Gasteiger partial charge in [-0.15, -0.1) is 6.42 Å². The van der Waals surface area contributed by atoms with Crippen molar-refractivity contribution in [3.05, 3.63) is 72.3 Å². The van der Waals surface area contributed by atoms with Gasteiger partial charge in [-0.3, -0.25) is 0 Å². The highest BCUT2D eigenvalue weighted by molar-refractivity contribution is 5.75. The summed E-state index contributed by atoms with van der Waals surface area (Å²) in [7, 11) is 0. The SMILES string of the molecule is C#Cc1cc(-c2ccc(O)cc2)cc(-c2ccc(O)cc2)c1.